The Balaban J connectivity index is 2.40. The van der Waals surface area contributed by atoms with Crippen molar-refractivity contribution < 1.29 is 9.72 Å². The lowest BCUT2D eigenvalue weighted by Gasteiger charge is -2.17. The quantitative estimate of drug-likeness (QED) is 0.659. The Hall–Kier alpha value is -2.31. The van der Waals surface area contributed by atoms with Gasteiger partial charge in [0.15, 0.2) is 0 Å². The number of carbonyl (C=O) groups excluding carboxylic acids is 1. The zero-order valence-corrected chi connectivity index (χ0v) is 13.9. The van der Waals surface area contributed by atoms with E-state index < -0.39 is 10.8 Å². The van der Waals surface area contributed by atoms with E-state index in [2.05, 4.69) is 5.32 Å². The molecule has 0 aliphatic carbocycles. The first-order valence-electron chi connectivity index (χ1n) is 6.51. The largest absolute Gasteiger partial charge is 0.377 e. The van der Waals surface area contributed by atoms with Crippen LogP contribution in [0.2, 0.25) is 10.0 Å². The zero-order valence-electron chi connectivity index (χ0n) is 12.3. The summed E-state index contributed by atoms with van der Waals surface area (Å²) in [6.45, 7) is 0. The molecule has 2 aromatic rings. The van der Waals surface area contributed by atoms with E-state index in [1.807, 2.05) is 0 Å². The average Bonchev–Trinajstić information content (AvgIpc) is 2.49. The van der Waals surface area contributed by atoms with Gasteiger partial charge in [-0.25, -0.2) is 0 Å². The third-order valence-corrected chi connectivity index (χ3v) is 3.64. The maximum Gasteiger partial charge on any atom is 0.270 e. The molecule has 0 heterocycles. The van der Waals surface area contributed by atoms with Crippen LogP contribution in [-0.2, 0) is 0 Å². The smallest absolute Gasteiger partial charge is 0.270 e. The van der Waals surface area contributed by atoms with Gasteiger partial charge in [0.05, 0.1) is 21.2 Å². The summed E-state index contributed by atoms with van der Waals surface area (Å²) in [7, 11) is 3.49. The summed E-state index contributed by atoms with van der Waals surface area (Å²) < 4.78 is 0. The van der Waals surface area contributed by atoms with Gasteiger partial charge in [-0.3, -0.25) is 14.9 Å². The van der Waals surface area contributed by atoms with E-state index in [1.54, 1.807) is 31.1 Å². The lowest BCUT2D eigenvalue weighted by Crippen LogP contribution is -2.19. The fourth-order valence-corrected chi connectivity index (χ4v) is 2.45. The van der Waals surface area contributed by atoms with E-state index in [9.17, 15) is 14.9 Å². The minimum Gasteiger partial charge on any atom is -0.377 e. The normalized spacial score (nSPS) is 10.3. The summed E-state index contributed by atoms with van der Waals surface area (Å²) in [6.07, 6.45) is 0. The van der Waals surface area contributed by atoms with Crippen LogP contribution in [0.15, 0.2) is 36.4 Å². The molecule has 0 aliphatic rings. The van der Waals surface area contributed by atoms with Crippen LogP contribution in [0.4, 0.5) is 17.1 Å². The van der Waals surface area contributed by atoms with Crippen molar-refractivity contribution >= 4 is 46.2 Å². The van der Waals surface area contributed by atoms with Gasteiger partial charge in [-0.15, -0.1) is 0 Å². The number of rotatable bonds is 4. The van der Waals surface area contributed by atoms with Gasteiger partial charge in [0.2, 0.25) is 0 Å². The Morgan fingerprint density at radius 1 is 1.17 bits per heavy atom. The van der Waals surface area contributed by atoms with E-state index in [4.69, 9.17) is 23.2 Å². The summed E-state index contributed by atoms with van der Waals surface area (Å²) in [5.74, 6) is -0.498. The molecule has 8 heteroatoms. The van der Waals surface area contributed by atoms with Crippen LogP contribution in [0.3, 0.4) is 0 Å². The highest BCUT2D eigenvalue weighted by atomic mass is 35.5. The van der Waals surface area contributed by atoms with E-state index in [0.717, 1.165) is 0 Å². The summed E-state index contributed by atoms with van der Waals surface area (Å²) in [6, 6.07) is 8.75. The molecule has 0 saturated heterocycles. The molecule has 0 bridgehead atoms. The highest BCUT2D eigenvalue weighted by molar-refractivity contribution is 6.36. The zero-order chi connectivity index (χ0) is 17.1. The fourth-order valence-electron chi connectivity index (χ4n) is 1.99. The summed E-state index contributed by atoms with van der Waals surface area (Å²) in [5.41, 5.74) is 0.939. The second kappa shape index (κ2) is 6.85. The number of benzene rings is 2. The summed E-state index contributed by atoms with van der Waals surface area (Å²) >= 11 is 11.8. The average molecular weight is 354 g/mol. The molecule has 0 aliphatic heterocycles. The number of amides is 1. The number of carbonyl (C=O) groups is 1. The Morgan fingerprint density at radius 2 is 1.87 bits per heavy atom. The lowest BCUT2D eigenvalue weighted by atomic mass is 10.1. The summed E-state index contributed by atoms with van der Waals surface area (Å²) in [4.78, 5) is 24.6. The molecule has 0 aromatic heterocycles. The number of nitro groups is 1. The first kappa shape index (κ1) is 17.1. The second-order valence-corrected chi connectivity index (χ2v) is 5.77. The third kappa shape index (κ3) is 3.91. The number of nitrogens with one attached hydrogen (secondary N) is 1. The number of hydrogen-bond acceptors (Lipinski definition) is 4. The van der Waals surface area contributed by atoms with Gasteiger partial charge in [0.25, 0.3) is 11.6 Å². The minimum atomic E-state index is -0.550. The highest BCUT2D eigenvalue weighted by Crippen LogP contribution is 2.28. The Morgan fingerprint density at radius 3 is 2.43 bits per heavy atom. The Bertz CT molecular complexity index is 779. The molecule has 1 N–H and O–H groups in total. The predicted octanol–water partition coefficient (Wildman–Crippen LogP) is 4.22. The van der Waals surface area contributed by atoms with Gasteiger partial charge in [0, 0.05) is 36.9 Å². The number of non-ortho nitro benzene ring substituents is 1. The van der Waals surface area contributed by atoms with Gasteiger partial charge < -0.3 is 10.2 Å². The number of halogens is 2. The van der Waals surface area contributed by atoms with Crippen molar-refractivity contribution in [1.82, 2.24) is 0 Å². The van der Waals surface area contributed by atoms with E-state index >= 15 is 0 Å². The second-order valence-electron chi connectivity index (χ2n) is 4.93. The summed E-state index contributed by atoms with van der Waals surface area (Å²) in [5, 5.41) is 14.3. The monoisotopic (exact) mass is 353 g/mol. The predicted molar refractivity (Wildman–Crippen MR) is 91.8 cm³/mol. The molecule has 0 spiro atoms. The van der Waals surface area contributed by atoms with Crippen molar-refractivity contribution in [3.05, 3.63) is 62.1 Å². The van der Waals surface area contributed by atoms with Gasteiger partial charge in [-0.1, -0.05) is 23.2 Å². The minimum absolute atomic E-state index is 0.164. The van der Waals surface area contributed by atoms with Crippen molar-refractivity contribution in [2.75, 3.05) is 24.3 Å². The number of anilines is 2. The standard InChI is InChI=1S/C15H13Cl2N3O3/c1-19(2)14-6-4-10(20(22)23)8-11(14)15(21)18-13-5-3-9(16)7-12(13)17/h3-8H,1-2H3,(H,18,21). The molecule has 1 amide bonds. The molecule has 2 aromatic carbocycles. The lowest BCUT2D eigenvalue weighted by molar-refractivity contribution is -0.384. The van der Waals surface area contributed by atoms with E-state index in [1.165, 1.54) is 24.3 Å². The van der Waals surface area contributed by atoms with Gasteiger partial charge in [0.1, 0.15) is 0 Å². The fraction of sp³-hybridized carbons (Fsp3) is 0.133. The van der Waals surface area contributed by atoms with Crippen LogP contribution in [0.5, 0.6) is 0 Å². The molecule has 0 radical (unpaired) electrons. The molecule has 0 fully saturated rings. The van der Waals surface area contributed by atoms with E-state index in [-0.39, 0.29) is 16.3 Å². The van der Waals surface area contributed by atoms with Gasteiger partial charge in [-0.2, -0.15) is 0 Å². The maximum absolute atomic E-state index is 12.5. The van der Waals surface area contributed by atoms with Crippen LogP contribution < -0.4 is 10.2 Å². The molecule has 23 heavy (non-hydrogen) atoms. The Labute approximate surface area is 142 Å². The molecular weight excluding hydrogens is 341 g/mol. The third-order valence-electron chi connectivity index (χ3n) is 3.10. The van der Waals surface area contributed by atoms with Crippen LogP contribution in [0.25, 0.3) is 0 Å². The molecule has 0 saturated carbocycles. The molecular formula is C15H13Cl2N3O3. The molecule has 120 valence electrons. The van der Waals surface area contributed by atoms with Crippen molar-refractivity contribution in [3.63, 3.8) is 0 Å². The number of hydrogen-bond donors (Lipinski definition) is 1. The van der Waals surface area contributed by atoms with Gasteiger partial charge >= 0.3 is 0 Å². The van der Waals surface area contributed by atoms with Crippen LogP contribution in [0.1, 0.15) is 10.4 Å². The van der Waals surface area contributed by atoms with Crippen molar-refractivity contribution in [3.8, 4) is 0 Å². The molecule has 0 atom stereocenters. The van der Waals surface area contributed by atoms with Crippen LogP contribution in [0, 0.1) is 10.1 Å². The number of nitro benzene ring substituents is 1. The van der Waals surface area contributed by atoms with Crippen LogP contribution in [-0.4, -0.2) is 24.9 Å². The molecule has 0 unspecified atom stereocenters. The van der Waals surface area contributed by atoms with Gasteiger partial charge in [-0.05, 0) is 24.3 Å². The first-order valence-corrected chi connectivity index (χ1v) is 7.27. The Kier molecular flexibility index (Phi) is 5.08. The molecule has 6 nitrogen and oxygen atoms in total. The first-order chi connectivity index (χ1) is 10.8. The van der Waals surface area contributed by atoms with E-state index in [0.29, 0.717) is 16.4 Å². The van der Waals surface area contributed by atoms with Crippen molar-refractivity contribution in [2.24, 2.45) is 0 Å². The topological polar surface area (TPSA) is 75.5 Å². The SMILES string of the molecule is CN(C)c1ccc([N+](=O)[O-])cc1C(=O)Nc1ccc(Cl)cc1Cl. The van der Waals surface area contributed by atoms with Crippen LogP contribution >= 0.6 is 23.2 Å². The highest BCUT2D eigenvalue weighted by Gasteiger charge is 2.18. The maximum atomic E-state index is 12.5. The number of nitrogens with zero attached hydrogens (tertiary/aromatic N) is 2. The van der Waals surface area contributed by atoms with Crippen molar-refractivity contribution in [1.29, 1.82) is 0 Å². The van der Waals surface area contributed by atoms with Crippen molar-refractivity contribution in [2.45, 2.75) is 0 Å². The molecule has 2 rings (SSSR count).